The minimum Gasteiger partial charge on any atom is -0.504 e. The molecule has 0 amide bonds. The topological polar surface area (TPSA) is 116 Å². The highest BCUT2D eigenvalue weighted by atomic mass is 16.5. The van der Waals surface area contributed by atoms with E-state index in [0.29, 0.717) is 25.0 Å². The smallest absolute Gasteiger partial charge is 0.200 e. The molecule has 0 saturated heterocycles. The van der Waals surface area contributed by atoms with E-state index < -0.39 is 17.4 Å². The number of hydrogen-bond donors (Lipinski definition) is 4. The highest BCUT2D eigenvalue weighted by Crippen LogP contribution is 2.49. The number of ketones is 1. The molecule has 4 N–H and O–H groups in total. The molecule has 2 atom stereocenters. The van der Waals surface area contributed by atoms with Crippen LogP contribution in [0.2, 0.25) is 0 Å². The monoisotopic (exact) mass is 534 g/mol. The van der Waals surface area contributed by atoms with E-state index in [1.54, 1.807) is 24.3 Å². The number of hydrogen-bond acceptors (Lipinski definition) is 7. The van der Waals surface area contributed by atoms with Crippen LogP contribution in [-0.2, 0) is 23.1 Å². The molecule has 0 radical (unpaired) electrons. The van der Waals surface area contributed by atoms with Crippen molar-refractivity contribution in [1.29, 1.82) is 0 Å². The van der Waals surface area contributed by atoms with Crippen LogP contribution >= 0.6 is 0 Å². The van der Waals surface area contributed by atoms with Gasteiger partial charge in [-0.25, -0.2) is 0 Å². The molecule has 3 aromatic carbocycles. The third kappa shape index (κ3) is 6.48. The molecular formula is C32H38O7. The lowest BCUT2D eigenvalue weighted by Gasteiger charge is -2.32. The zero-order valence-electron chi connectivity index (χ0n) is 22.6. The molecule has 0 bridgehead atoms. The van der Waals surface area contributed by atoms with Crippen molar-refractivity contribution < 1.29 is 34.7 Å². The number of carbonyl (C=O) groups is 1. The van der Waals surface area contributed by atoms with Gasteiger partial charge in [-0.2, -0.15) is 0 Å². The summed E-state index contributed by atoms with van der Waals surface area (Å²) in [5, 5.41) is 41.8. The Balaban J connectivity index is 1.59. The molecule has 0 aliphatic heterocycles. The standard InChI is InChI=1S/C32H38O7/c1-38-29-17-22(11-13-26(29)34)10-12-25(33)24(16-21-8-4-3-5-9-21)28(36)20-32(14-6-7-15-32)23-18-27(35)31(37)30(19-23)39-2/h3-5,8-9,11,13,17-19,24-25,33-35,37H,6-7,10,12,14-16,20H2,1-2H3/t24-,25-/m1/s1. The zero-order chi connectivity index (χ0) is 28.0. The highest BCUT2D eigenvalue weighted by Gasteiger charge is 2.41. The first-order valence-electron chi connectivity index (χ1n) is 13.5. The predicted octanol–water partition coefficient (Wildman–Crippen LogP) is 5.44. The van der Waals surface area contributed by atoms with Crippen LogP contribution in [0.1, 0.15) is 55.2 Å². The normalized spacial score (nSPS) is 16.0. The maximum absolute atomic E-state index is 14.0. The molecule has 1 aliphatic carbocycles. The Labute approximate surface area is 229 Å². The number of methoxy groups -OCH3 is 2. The van der Waals surface area contributed by atoms with Gasteiger partial charge in [-0.1, -0.05) is 49.2 Å². The van der Waals surface area contributed by atoms with Crippen molar-refractivity contribution in [2.45, 2.75) is 62.9 Å². The van der Waals surface area contributed by atoms with Crippen molar-refractivity contribution >= 4 is 5.78 Å². The van der Waals surface area contributed by atoms with Gasteiger partial charge in [-0.3, -0.25) is 4.79 Å². The Morgan fingerprint density at radius 3 is 2.23 bits per heavy atom. The van der Waals surface area contributed by atoms with E-state index in [2.05, 4.69) is 0 Å². The van der Waals surface area contributed by atoms with Gasteiger partial charge in [0.1, 0.15) is 5.78 Å². The van der Waals surface area contributed by atoms with Gasteiger partial charge in [0, 0.05) is 17.8 Å². The Morgan fingerprint density at radius 2 is 1.56 bits per heavy atom. The summed E-state index contributed by atoms with van der Waals surface area (Å²) < 4.78 is 10.5. The van der Waals surface area contributed by atoms with Crippen LogP contribution in [0.4, 0.5) is 0 Å². The fourth-order valence-corrected chi connectivity index (χ4v) is 5.86. The van der Waals surface area contributed by atoms with Gasteiger partial charge in [-0.05, 0) is 73.1 Å². The molecule has 0 spiro atoms. The number of ether oxygens (including phenoxy) is 2. The van der Waals surface area contributed by atoms with Crippen LogP contribution in [0.15, 0.2) is 60.7 Å². The predicted molar refractivity (Wildman–Crippen MR) is 149 cm³/mol. The first kappa shape index (κ1) is 28.3. The van der Waals surface area contributed by atoms with Crippen molar-refractivity contribution in [3.63, 3.8) is 0 Å². The number of carbonyl (C=O) groups excluding carboxylic acids is 1. The number of aryl methyl sites for hydroxylation is 1. The SMILES string of the molecule is COc1cc(CC[C@@H](O)[C@@H](Cc2ccccc2)C(=O)CC2(c3cc(O)c(O)c(OC)c3)CCCC2)ccc1O. The molecular weight excluding hydrogens is 496 g/mol. The number of benzene rings is 3. The van der Waals surface area contributed by atoms with Gasteiger partial charge in [0.2, 0.25) is 5.75 Å². The summed E-state index contributed by atoms with van der Waals surface area (Å²) in [6, 6.07) is 18.1. The van der Waals surface area contributed by atoms with Gasteiger partial charge >= 0.3 is 0 Å². The number of aliphatic hydroxyl groups excluding tert-OH is 1. The van der Waals surface area contributed by atoms with Crippen LogP contribution in [-0.4, -0.2) is 46.5 Å². The lowest BCUT2D eigenvalue weighted by molar-refractivity contribution is -0.127. The molecule has 1 aliphatic rings. The van der Waals surface area contributed by atoms with Crippen molar-refractivity contribution in [2.75, 3.05) is 14.2 Å². The number of rotatable bonds is 12. The summed E-state index contributed by atoms with van der Waals surface area (Å²) in [6.07, 6.45) is 4.10. The van der Waals surface area contributed by atoms with Gasteiger partial charge < -0.3 is 29.9 Å². The largest absolute Gasteiger partial charge is 0.504 e. The molecule has 1 fully saturated rings. The molecule has 7 heteroatoms. The molecule has 0 aromatic heterocycles. The molecule has 0 heterocycles. The van der Waals surface area contributed by atoms with E-state index >= 15 is 0 Å². The Morgan fingerprint density at radius 1 is 0.872 bits per heavy atom. The second-order valence-corrected chi connectivity index (χ2v) is 10.6. The van der Waals surface area contributed by atoms with E-state index in [1.807, 2.05) is 30.3 Å². The van der Waals surface area contributed by atoms with Crippen LogP contribution in [0, 0.1) is 5.92 Å². The maximum atomic E-state index is 14.0. The summed E-state index contributed by atoms with van der Waals surface area (Å²) in [6.45, 7) is 0. The van der Waals surface area contributed by atoms with E-state index in [4.69, 9.17) is 9.47 Å². The summed E-state index contributed by atoms with van der Waals surface area (Å²) in [4.78, 5) is 14.0. The molecule has 1 saturated carbocycles. The summed E-state index contributed by atoms with van der Waals surface area (Å²) in [5.41, 5.74) is 2.14. The zero-order valence-corrected chi connectivity index (χ0v) is 22.6. The van der Waals surface area contributed by atoms with Crippen LogP contribution in [0.3, 0.4) is 0 Å². The average molecular weight is 535 g/mol. The van der Waals surface area contributed by atoms with Crippen LogP contribution in [0.5, 0.6) is 28.7 Å². The summed E-state index contributed by atoms with van der Waals surface area (Å²) >= 11 is 0. The number of phenols is 3. The third-order valence-corrected chi connectivity index (χ3v) is 8.11. The molecule has 7 nitrogen and oxygen atoms in total. The van der Waals surface area contributed by atoms with E-state index in [-0.39, 0.29) is 35.2 Å². The summed E-state index contributed by atoms with van der Waals surface area (Å²) in [5.74, 6) is -0.627. The minimum absolute atomic E-state index is 0.0249. The number of aliphatic hydroxyl groups is 1. The third-order valence-electron chi connectivity index (χ3n) is 8.11. The van der Waals surface area contributed by atoms with Gasteiger partial charge in [0.05, 0.1) is 20.3 Å². The van der Waals surface area contributed by atoms with E-state index in [1.165, 1.54) is 20.3 Å². The second-order valence-electron chi connectivity index (χ2n) is 10.6. The number of phenolic OH excluding ortho intramolecular Hbond substituents is 3. The molecule has 0 unspecified atom stereocenters. The van der Waals surface area contributed by atoms with Crippen LogP contribution in [0.25, 0.3) is 0 Å². The maximum Gasteiger partial charge on any atom is 0.200 e. The van der Waals surface area contributed by atoms with Crippen molar-refractivity contribution in [3.8, 4) is 28.7 Å². The summed E-state index contributed by atoms with van der Waals surface area (Å²) in [7, 11) is 2.92. The molecule has 4 rings (SSSR count). The lowest BCUT2D eigenvalue weighted by Crippen LogP contribution is -2.36. The van der Waals surface area contributed by atoms with Gasteiger partial charge in [-0.15, -0.1) is 0 Å². The lowest BCUT2D eigenvalue weighted by atomic mass is 9.71. The Hall–Kier alpha value is -3.71. The fourth-order valence-electron chi connectivity index (χ4n) is 5.86. The van der Waals surface area contributed by atoms with Crippen LogP contribution < -0.4 is 9.47 Å². The Kier molecular flexibility index (Phi) is 9.02. The van der Waals surface area contributed by atoms with E-state index in [0.717, 1.165) is 42.4 Å². The fraction of sp³-hybridized carbons (Fsp3) is 0.406. The van der Waals surface area contributed by atoms with Gasteiger partial charge in [0.15, 0.2) is 23.0 Å². The highest BCUT2D eigenvalue weighted by molar-refractivity contribution is 5.83. The quantitative estimate of drug-likeness (QED) is 0.229. The minimum atomic E-state index is -0.876. The van der Waals surface area contributed by atoms with Gasteiger partial charge in [0.25, 0.3) is 0 Å². The number of Topliss-reactive ketones (excluding diaryl/α,β-unsaturated/α-hetero) is 1. The van der Waals surface area contributed by atoms with Crippen molar-refractivity contribution in [3.05, 3.63) is 77.4 Å². The van der Waals surface area contributed by atoms with Crippen molar-refractivity contribution in [1.82, 2.24) is 0 Å². The number of aromatic hydroxyl groups is 3. The first-order chi connectivity index (χ1) is 18.8. The van der Waals surface area contributed by atoms with Crippen molar-refractivity contribution in [2.24, 2.45) is 5.92 Å². The molecule has 3 aromatic rings. The first-order valence-corrected chi connectivity index (χ1v) is 13.5. The second kappa shape index (κ2) is 12.4. The Bertz CT molecular complexity index is 1270. The molecule has 208 valence electrons. The average Bonchev–Trinajstić information content (AvgIpc) is 3.42. The molecule has 39 heavy (non-hydrogen) atoms. The van der Waals surface area contributed by atoms with E-state index in [9.17, 15) is 25.2 Å².